The highest BCUT2D eigenvalue weighted by Gasteiger charge is 2.15. The molecule has 2 rings (SSSR count). The minimum absolute atomic E-state index is 0.0497. The maximum absolute atomic E-state index is 9.23. The highest BCUT2D eigenvalue weighted by Crippen LogP contribution is 2.18. The normalized spacial score (nSPS) is 20.5. The molecular weight excluding hydrogens is 218 g/mol. The molecule has 1 aliphatic rings. The van der Waals surface area contributed by atoms with Crippen molar-refractivity contribution in [2.45, 2.75) is 45.7 Å². The second kappa shape index (κ2) is 6.10. The summed E-state index contributed by atoms with van der Waals surface area (Å²) in [6, 6.07) is 1.93. The predicted octanol–water partition coefficient (Wildman–Crippen LogP) is 1.93. The lowest BCUT2D eigenvalue weighted by Crippen LogP contribution is -2.22. The molecule has 0 aliphatic carbocycles. The number of rotatable bonds is 4. The zero-order valence-corrected chi connectivity index (χ0v) is 10.2. The van der Waals surface area contributed by atoms with Gasteiger partial charge in [0, 0.05) is 18.4 Å². The van der Waals surface area contributed by atoms with Crippen molar-refractivity contribution < 1.29 is 14.6 Å². The monoisotopic (exact) mass is 237 g/mol. The van der Waals surface area contributed by atoms with E-state index >= 15 is 0 Å². The zero-order chi connectivity index (χ0) is 12.1. The molecule has 1 unspecified atom stereocenters. The first-order valence-corrected chi connectivity index (χ1v) is 6.08. The summed E-state index contributed by atoms with van der Waals surface area (Å²) >= 11 is 0. The Morgan fingerprint density at radius 3 is 3.12 bits per heavy atom. The fraction of sp³-hybridized carbons (Fsp3) is 0.615. The van der Waals surface area contributed by atoms with Gasteiger partial charge in [-0.05, 0) is 37.8 Å². The van der Waals surface area contributed by atoms with E-state index in [0.29, 0.717) is 12.3 Å². The number of pyridine rings is 1. The molecule has 4 nitrogen and oxygen atoms in total. The van der Waals surface area contributed by atoms with Crippen LogP contribution in [0.3, 0.4) is 0 Å². The van der Waals surface area contributed by atoms with Crippen LogP contribution in [0, 0.1) is 6.92 Å². The van der Waals surface area contributed by atoms with Crippen LogP contribution in [0.4, 0.5) is 0 Å². The van der Waals surface area contributed by atoms with Gasteiger partial charge in [0.25, 0.3) is 0 Å². The first-order valence-electron chi connectivity index (χ1n) is 6.08. The van der Waals surface area contributed by atoms with E-state index in [4.69, 9.17) is 9.47 Å². The number of nitrogens with zero attached hydrogens (tertiary/aromatic N) is 1. The van der Waals surface area contributed by atoms with Crippen molar-refractivity contribution in [2.75, 3.05) is 6.61 Å². The van der Waals surface area contributed by atoms with Gasteiger partial charge in [0.05, 0.1) is 18.9 Å². The smallest absolute Gasteiger partial charge is 0.158 e. The van der Waals surface area contributed by atoms with Crippen LogP contribution in [0.15, 0.2) is 12.3 Å². The average Bonchev–Trinajstić information content (AvgIpc) is 2.38. The van der Waals surface area contributed by atoms with Crippen molar-refractivity contribution in [1.82, 2.24) is 4.98 Å². The Morgan fingerprint density at radius 2 is 2.41 bits per heavy atom. The summed E-state index contributed by atoms with van der Waals surface area (Å²) in [5, 5.41) is 9.23. The van der Waals surface area contributed by atoms with Crippen molar-refractivity contribution in [3.8, 4) is 0 Å². The summed E-state index contributed by atoms with van der Waals surface area (Å²) in [5.74, 6) is 0. The molecule has 1 saturated heterocycles. The summed E-state index contributed by atoms with van der Waals surface area (Å²) in [7, 11) is 0. The molecule has 17 heavy (non-hydrogen) atoms. The van der Waals surface area contributed by atoms with Crippen LogP contribution in [0.25, 0.3) is 0 Å². The van der Waals surface area contributed by atoms with E-state index in [1.807, 2.05) is 13.0 Å². The predicted molar refractivity (Wildman–Crippen MR) is 63.3 cm³/mol. The van der Waals surface area contributed by atoms with E-state index in [1.165, 1.54) is 0 Å². The molecule has 1 N–H and O–H groups in total. The van der Waals surface area contributed by atoms with Crippen LogP contribution >= 0.6 is 0 Å². The first-order chi connectivity index (χ1) is 8.31. The van der Waals surface area contributed by atoms with E-state index in [9.17, 15) is 5.11 Å². The third-order valence-electron chi connectivity index (χ3n) is 3.08. The van der Waals surface area contributed by atoms with Crippen LogP contribution in [-0.4, -0.2) is 23.0 Å². The SMILES string of the molecule is Cc1ccnc(CO)c1COC1CCCCO1. The first kappa shape index (κ1) is 12.5. The van der Waals surface area contributed by atoms with Gasteiger partial charge >= 0.3 is 0 Å². The van der Waals surface area contributed by atoms with Gasteiger partial charge < -0.3 is 14.6 Å². The second-order valence-electron chi connectivity index (χ2n) is 4.32. The molecule has 2 heterocycles. The fourth-order valence-corrected chi connectivity index (χ4v) is 2.00. The number of aryl methyl sites for hydroxylation is 1. The Bertz CT molecular complexity index is 362. The van der Waals surface area contributed by atoms with Crippen LogP contribution in [0.5, 0.6) is 0 Å². The van der Waals surface area contributed by atoms with E-state index in [1.54, 1.807) is 6.20 Å². The van der Waals surface area contributed by atoms with Crippen molar-refractivity contribution in [3.63, 3.8) is 0 Å². The summed E-state index contributed by atoms with van der Waals surface area (Å²) < 4.78 is 11.2. The third-order valence-corrected chi connectivity index (χ3v) is 3.08. The Balaban J connectivity index is 1.97. The lowest BCUT2D eigenvalue weighted by atomic mass is 10.1. The summed E-state index contributed by atoms with van der Waals surface area (Å²) in [6.07, 6.45) is 4.84. The third kappa shape index (κ3) is 3.25. The van der Waals surface area contributed by atoms with Crippen molar-refractivity contribution >= 4 is 0 Å². The molecule has 0 saturated carbocycles. The van der Waals surface area contributed by atoms with Gasteiger partial charge in [-0.2, -0.15) is 0 Å². The highest BCUT2D eigenvalue weighted by atomic mass is 16.7. The van der Waals surface area contributed by atoms with E-state index < -0.39 is 0 Å². The van der Waals surface area contributed by atoms with Crippen LogP contribution in [0.2, 0.25) is 0 Å². The Labute approximate surface area is 102 Å². The van der Waals surface area contributed by atoms with Crippen LogP contribution < -0.4 is 0 Å². The molecular formula is C13H19NO3. The summed E-state index contributed by atoms with van der Waals surface area (Å²) in [6.45, 7) is 3.19. The van der Waals surface area contributed by atoms with E-state index in [2.05, 4.69) is 4.98 Å². The lowest BCUT2D eigenvalue weighted by molar-refractivity contribution is -0.169. The Kier molecular flexibility index (Phi) is 4.48. The second-order valence-corrected chi connectivity index (χ2v) is 4.32. The van der Waals surface area contributed by atoms with Gasteiger partial charge in [-0.25, -0.2) is 0 Å². The Morgan fingerprint density at radius 1 is 1.53 bits per heavy atom. The molecule has 1 aliphatic heterocycles. The van der Waals surface area contributed by atoms with E-state index in [-0.39, 0.29) is 12.9 Å². The zero-order valence-electron chi connectivity index (χ0n) is 10.2. The molecule has 0 spiro atoms. The molecule has 1 atom stereocenters. The number of hydrogen-bond donors (Lipinski definition) is 1. The van der Waals surface area contributed by atoms with Crippen LogP contribution in [0.1, 0.15) is 36.1 Å². The molecule has 0 amide bonds. The average molecular weight is 237 g/mol. The highest BCUT2D eigenvalue weighted by molar-refractivity contribution is 5.27. The minimum Gasteiger partial charge on any atom is -0.390 e. The molecule has 4 heteroatoms. The van der Waals surface area contributed by atoms with Gasteiger partial charge in [0.15, 0.2) is 6.29 Å². The molecule has 0 radical (unpaired) electrons. The van der Waals surface area contributed by atoms with Crippen LogP contribution in [-0.2, 0) is 22.7 Å². The molecule has 1 fully saturated rings. The van der Waals surface area contributed by atoms with Gasteiger partial charge in [0.2, 0.25) is 0 Å². The Hall–Kier alpha value is -0.970. The van der Waals surface area contributed by atoms with Gasteiger partial charge in [-0.1, -0.05) is 0 Å². The number of aromatic nitrogens is 1. The van der Waals surface area contributed by atoms with Crippen molar-refractivity contribution in [3.05, 3.63) is 29.1 Å². The van der Waals surface area contributed by atoms with E-state index in [0.717, 1.165) is 37.0 Å². The summed E-state index contributed by atoms with van der Waals surface area (Å²) in [4.78, 5) is 4.15. The lowest BCUT2D eigenvalue weighted by Gasteiger charge is -2.23. The maximum atomic E-state index is 9.23. The molecule has 0 aromatic carbocycles. The number of aliphatic hydroxyl groups excluding tert-OH is 1. The molecule has 1 aromatic heterocycles. The van der Waals surface area contributed by atoms with Gasteiger partial charge in [0.1, 0.15) is 0 Å². The summed E-state index contributed by atoms with van der Waals surface area (Å²) in [5.41, 5.74) is 2.77. The quantitative estimate of drug-likeness (QED) is 0.869. The molecule has 1 aromatic rings. The minimum atomic E-state index is -0.102. The number of ether oxygens (including phenoxy) is 2. The fourth-order valence-electron chi connectivity index (χ4n) is 2.00. The maximum Gasteiger partial charge on any atom is 0.158 e. The van der Waals surface area contributed by atoms with Gasteiger partial charge in [-0.3, -0.25) is 4.98 Å². The van der Waals surface area contributed by atoms with Gasteiger partial charge in [-0.15, -0.1) is 0 Å². The number of hydrogen-bond acceptors (Lipinski definition) is 4. The largest absolute Gasteiger partial charge is 0.390 e. The van der Waals surface area contributed by atoms with Crippen molar-refractivity contribution in [1.29, 1.82) is 0 Å². The number of aliphatic hydroxyl groups is 1. The topological polar surface area (TPSA) is 51.6 Å². The molecule has 94 valence electrons. The van der Waals surface area contributed by atoms with Crippen molar-refractivity contribution in [2.24, 2.45) is 0 Å². The molecule has 0 bridgehead atoms. The standard InChI is InChI=1S/C13H19NO3/c1-10-5-6-14-12(8-15)11(10)9-17-13-4-2-3-7-16-13/h5-6,13,15H,2-4,7-9H2,1H3.